The standard InChI is InChI=1S/C10H14N6/c1-6-4-7(9(11)15-5-6)8(16-12)10-13-2-3-14-10/h2-5,8,16H,12H2,1H3,(H2,11,15)(H,13,14). The Morgan fingerprint density at radius 2 is 2.25 bits per heavy atom. The van der Waals surface area contributed by atoms with E-state index < -0.39 is 0 Å². The van der Waals surface area contributed by atoms with Gasteiger partial charge in [-0.1, -0.05) is 0 Å². The number of hydrogen-bond donors (Lipinski definition) is 4. The SMILES string of the molecule is Cc1cnc(N)c(C(NN)c2ncc[nH]2)c1. The van der Waals surface area contributed by atoms with Crippen LogP contribution in [0.25, 0.3) is 0 Å². The maximum absolute atomic E-state index is 5.82. The van der Waals surface area contributed by atoms with E-state index in [0.29, 0.717) is 11.6 Å². The number of imidazole rings is 1. The highest BCUT2D eigenvalue weighted by Gasteiger charge is 2.18. The summed E-state index contributed by atoms with van der Waals surface area (Å²) in [6, 6.07) is 1.66. The molecule has 0 saturated carbocycles. The van der Waals surface area contributed by atoms with Crippen molar-refractivity contribution in [2.24, 2.45) is 5.84 Å². The third-order valence-electron chi connectivity index (χ3n) is 2.36. The van der Waals surface area contributed by atoms with Crippen molar-refractivity contribution < 1.29 is 0 Å². The third-order valence-corrected chi connectivity index (χ3v) is 2.36. The normalized spacial score (nSPS) is 12.6. The van der Waals surface area contributed by atoms with E-state index in [1.54, 1.807) is 18.6 Å². The van der Waals surface area contributed by atoms with Crippen LogP contribution in [0.1, 0.15) is 23.0 Å². The average Bonchev–Trinajstić information content (AvgIpc) is 2.78. The summed E-state index contributed by atoms with van der Waals surface area (Å²) in [5.74, 6) is 6.68. The number of nitrogen functional groups attached to an aromatic ring is 1. The zero-order valence-electron chi connectivity index (χ0n) is 8.94. The summed E-state index contributed by atoms with van der Waals surface area (Å²) >= 11 is 0. The van der Waals surface area contributed by atoms with Gasteiger partial charge in [0.25, 0.3) is 0 Å². The first kappa shape index (κ1) is 10.6. The van der Waals surface area contributed by atoms with Gasteiger partial charge in [0.15, 0.2) is 0 Å². The van der Waals surface area contributed by atoms with Crippen LogP contribution in [0.4, 0.5) is 5.82 Å². The predicted octanol–water partition coefficient (Wildman–Crippen LogP) is 0.248. The van der Waals surface area contributed by atoms with Crippen molar-refractivity contribution in [3.63, 3.8) is 0 Å². The van der Waals surface area contributed by atoms with Gasteiger partial charge in [-0.25, -0.2) is 15.4 Å². The number of nitrogens with two attached hydrogens (primary N) is 2. The molecule has 1 unspecified atom stereocenters. The van der Waals surface area contributed by atoms with Gasteiger partial charge in [-0.05, 0) is 18.6 Å². The van der Waals surface area contributed by atoms with E-state index in [9.17, 15) is 0 Å². The molecule has 2 aromatic rings. The number of hydrogen-bond acceptors (Lipinski definition) is 5. The van der Waals surface area contributed by atoms with Crippen molar-refractivity contribution in [2.45, 2.75) is 13.0 Å². The molecule has 1 atom stereocenters. The lowest BCUT2D eigenvalue weighted by Crippen LogP contribution is -2.30. The predicted molar refractivity (Wildman–Crippen MR) is 61.1 cm³/mol. The summed E-state index contributed by atoms with van der Waals surface area (Å²) in [5.41, 5.74) is 10.3. The summed E-state index contributed by atoms with van der Waals surface area (Å²) in [6.45, 7) is 1.95. The summed E-state index contributed by atoms with van der Waals surface area (Å²) in [4.78, 5) is 11.2. The fraction of sp³-hybridized carbons (Fsp3) is 0.200. The Morgan fingerprint density at radius 1 is 1.44 bits per heavy atom. The van der Waals surface area contributed by atoms with E-state index in [1.807, 2.05) is 13.0 Å². The van der Waals surface area contributed by atoms with E-state index in [0.717, 1.165) is 11.1 Å². The van der Waals surface area contributed by atoms with Gasteiger partial charge in [-0.3, -0.25) is 5.84 Å². The minimum Gasteiger partial charge on any atom is -0.383 e. The highest BCUT2D eigenvalue weighted by molar-refractivity contribution is 5.45. The van der Waals surface area contributed by atoms with Crippen LogP contribution >= 0.6 is 0 Å². The van der Waals surface area contributed by atoms with Gasteiger partial charge in [0.05, 0.1) is 0 Å². The van der Waals surface area contributed by atoms with Crippen LogP contribution in [0.15, 0.2) is 24.7 Å². The zero-order chi connectivity index (χ0) is 11.5. The molecule has 0 amide bonds. The molecule has 16 heavy (non-hydrogen) atoms. The summed E-state index contributed by atoms with van der Waals surface area (Å²) in [5, 5.41) is 0. The summed E-state index contributed by atoms with van der Waals surface area (Å²) in [6.07, 6.45) is 5.12. The minimum atomic E-state index is -0.276. The molecule has 84 valence electrons. The highest BCUT2D eigenvalue weighted by atomic mass is 15.2. The molecule has 0 spiro atoms. The van der Waals surface area contributed by atoms with E-state index in [1.165, 1.54) is 0 Å². The maximum atomic E-state index is 5.82. The first-order valence-electron chi connectivity index (χ1n) is 4.90. The van der Waals surface area contributed by atoms with E-state index in [4.69, 9.17) is 11.6 Å². The molecule has 2 aromatic heterocycles. The molecule has 0 saturated heterocycles. The number of H-pyrrole nitrogens is 1. The minimum absolute atomic E-state index is 0.276. The fourth-order valence-electron chi connectivity index (χ4n) is 1.58. The van der Waals surface area contributed by atoms with E-state index >= 15 is 0 Å². The molecule has 0 fully saturated rings. The van der Waals surface area contributed by atoms with Gasteiger partial charge < -0.3 is 10.7 Å². The lowest BCUT2D eigenvalue weighted by molar-refractivity contribution is 0.607. The van der Waals surface area contributed by atoms with E-state index in [-0.39, 0.29) is 6.04 Å². The Labute approximate surface area is 93.1 Å². The van der Waals surface area contributed by atoms with Crippen molar-refractivity contribution in [1.82, 2.24) is 20.4 Å². The number of pyridine rings is 1. The summed E-state index contributed by atoms with van der Waals surface area (Å²) in [7, 11) is 0. The fourth-order valence-corrected chi connectivity index (χ4v) is 1.58. The van der Waals surface area contributed by atoms with Crippen LogP contribution in [0.2, 0.25) is 0 Å². The Kier molecular flexibility index (Phi) is 2.84. The average molecular weight is 218 g/mol. The van der Waals surface area contributed by atoms with Crippen molar-refractivity contribution in [3.8, 4) is 0 Å². The van der Waals surface area contributed by atoms with Gasteiger partial charge >= 0.3 is 0 Å². The number of hydrazine groups is 1. The molecule has 0 aliphatic carbocycles. The van der Waals surface area contributed by atoms with Gasteiger partial charge in [-0.15, -0.1) is 0 Å². The topological polar surface area (TPSA) is 106 Å². The Morgan fingerprint density at radius 3 is 2.88 bits per heavy atom. The largest absolute Gasteiger partial charge is 0.383 e. The Bertz CT molecular complexity index is 464. The molecule has 2 heterocycles. The molecule has 6 heteroatoms. The summed E-state index contributed by atoms with van der Waals surface area (Å²) < 4.78 is 0. The monoisotopic (exact) mass is 218 g/mol. The number of nitrogens with one attached hydrogen (secondary N) is 2. The quantitative estimate of drug-likeness (QED) is 0.436. The number of aromatic nitrogens is 3. The van der Waals surface area contributed by atoms with Crippen molar-refractivity contribution >= 4 is 5.82 Å². The third kappa shape index (κ3) is 1.88. The molecule has 6 nitrogen and oxygen atoms in total. The van der Waals surface area contributed by atoms with Gasteiger partial charge in [0, 0.05) is 24.2 Å². The maximum Gasteiger partial charge on any atom is 0.129 e. The van der Waals surface area contributed by atoms with Crippen molar-refractivity contribution in [2.75, 3.05) is 5.73 Å². The van der Waals surface area contributed by atoms with Crippen LogP contribution < -0.4 is 17.0 Å². The van der Waals surface area contributed by atoms with Gasteiger partial charge in [-0.2, -0.15) is 0 Å². The number of rotatable bonds is 3. The Hall–Kier alpha value is -1.92. The zero-order valence-corrected chi connectivity index (χ0v) is 8.94. The molecule has 0 bridgehead atoms. The molecular formula is C10H14N6. The Balaban J connectivity index is 2.44. The van der Waals surface area contributed by atoms with E-state index in [2.05, 4.69) is 20.4 Å². The molecule has 2 rings (SSSR count). The van der Waals surface area contributed by atoms with Gasteiger partial charge in [0.1, 0.15) is 17.7 Å². The van der Waals surface area contributed by atoms with Crippen LogP contribution in [0.5, 0.6) is 0 Å². The second-order valence-electron chi connectivity index (χ2n) is 3.56. The second-order valence-corrected chi connectivity index (χ2v) is 3.56. The molecule has 0 radical (unpaired) electrons. The second kappa shape index (κ2) is 4.30. The lowest BCUT2D eigenvalue weighted by Gasteiger charge is -2.15. The van der Waals surface area contributed by atoms with Gasteiger partial charge in [0.2, 0.25) is 0 Å². The lowest BCUT2D eigenvalue weighted by atomic mass is 10.1. The molecule has 0 aliphatic heterocycles. The molecular weight excluding hydrogens is 204 g/mol. The molecule has 0 aromatic carbocycles. The number of aryl methyl sites for hydroxylation is 1. The van der Waals surface area contributed by atoms with Crippen LogP contribution in [0.3, 0.4) is 0 Å². The number of aromatic amines is 1. The van der Waals surface area contributed by atoms with Crippen molar-refractivity contribution in [3.05, 3.63) is 41.6 Å². The molecule has 6 N–H and O–H groups in total. The first-order chi connectivity index (χ1) is 7.72. The smallest absolute Gasteiger partial charge is 0.129 e. The first-order valence-corrected chi connectivity index (χ1v) is 4.90. The van der Waals surface area contributed by atoms with Crippen LogP contribution in [0, 0.1) is 6.92 Å². The number of anilines is 1. The molecule has 0 aliphatic rings. The highest BCUT2D eigenvalue weighted by Crippen LogP contribution is 2.23. The number of nitrogens with zero attached hydrogens (tertiary/aromatic N) is 2. The van der Waals surface area contributed by atoms with Crippen LogP contribution in [-0.4, -0.2) is 15.0 Å². The van der Waals surface area contributed by atoms with Crippen molar-refractivity contribution in [1.29, 1.82) is 0 Å². The van der Waals surface area contributed by atoms with Crippen LogP contribution in [-0.2, 0) is 0 Å².